The summed E-state index contributed by atoms with van der Waals surface area (Å²) in [6, 6.07) is 5.43. The Morgan fingerprint density at radius 3 is 2.50 bits per heavy atom. The van der Waals surface area contributed by atoms with Crippen molar-refractivity contribution >= 4 is 15.9 Å². The van der Waals surface area contributed by atoms with Crippen molar-refractivity contribution in [2.45, 2.75) is 6.42 Å². The Kier molecular flexibility index (Phi) is 5.36. The lowest BCUT2D eigenvalue weighted by molar-refractivity contribution is -0.133. The van der Waals surface area contributed by atoms with Gasteiger partial charge in [0.25, 0.3) is 5.91 Å². The molecule has 0 N–H and O–H groups in total. The van der Waals surface area contributed by atoms with E-state index < -0.39 is 10.0 Å². The number of ether oxygens (including phenoxy) is 1. The number of hydrogen-bond donors (Lipinski definition) is 0. The Hall–Kier alpha value is -1.67. The first kappa shape index (κ1) is 16.7. The number of amides is 1. The summed E-state index contributed by atoms with van der Waals surface area (Å²) >= 11 is 0. The summed E-state index contributed by atoms with van der Waals surface area (Å²) in [6.07, 6.45) is 1.76. The van der Waals surface area contributed by atoms with Crippen LogP contribution in [-0.4, -0.2) is 62.6 Å². The van der Waals surface area contributed by atoms with Crippen LogP contribution in [0.25, 0.3) is 0 Å². The topological polar surface area (TPSA) is 66.9 Å². The van der Waals surface area contributed by atoms with Crippen LogP contribution in [0.15, 0.2) is 24.3 Å². The minimum atomic E-state index is -3.23. The van der Waals surface area contributed by atoms with Crippen molar-refractivity contribution in [1.82, 2.24) is 9.21 Å². The molecule has 1 amide bonds. The first-order valence-electron chi connectivity index (χ1n) is 6.97. The third kappa shape index (κ3) is 4.67. The second-order valence-corrected chi connectivity index (χ2v) is 7.12. The minimum Gasteiger partial charge on any atom is -0.484 e. The van der Waals surface area contributed by atoms with Crippen molar-refractivity contribution in [3.8, 4) is 5.75 Å². The number of nitrogens with zero attached hydrogens (tertiary/aromatic N) is 2. The number of halogens is 1. The third-order valence-electron chi connectivity index (χ3n) is 3.45. The summed E-state index contributed by atoms with van der Waals surface area (Å²) in [5.41, 5.74) is 0. The van der Waals surface area contributed by atoms with Crippen LogP contribution in [0, 0.1) is 5.82 Å². The van der Waals surface area contributed by atoms with Gasteiger partial charge in [-0.15, -0.1) is 0 Å². The van der Waals surface area contributed by atoms with E-state index >= 15 is 0 Å². The minimum absolute atomic E-state index is 0.148. The fourth-order valence-corrected chi connectivity index (χ4v) is 3.12. The molecule has 0 spiro atoms. The van der Waals surface area contributed by atoms with Crippen molar-refractivity contribution in [2.75, 3.05) is 39.0 Å². The monoisotopic (exact) mass is 330 g/mol. The molecule has 8 heteroatoms. The van der Waals surface area contributed by atoms with Crippen LogP contribution < -0.4 is 4.74 Å². The van der Waals surface area contributed by atoms with Gasteiger partial charge in [0.15, 0.2) is 6.61 Å². The predicted octanol–water partition coefficient (Wildman–Crippen LogP) is 0.698. The fourth-order valence-electron chi connectivity index (χ4n) is 2.24. The fraction of sp³-hybridized carbons (Fsp3) is 0.500. The molecule has 0 unspecified atom stereocenters. The lowest BCUT2D eigenvalue weighted by atomic mass is 10.3. The highest BCUT2D eigenvalue weighted by atomic mass is 32.2. The van der Waals surface area contributed by atoms with E-state index in [0.29, 0.717) is 38.3 Å². The van der Waals surface area contributed by atoms with Gasteiger partial charge < -0.3 is 9.64 Å². The van der Waals surface area contributed by atoms with Crippen LogP contribution in [0.1, 0.15) is 6.42 Å². The van der Waals surface area contributed by atoms with E-state index in [9.17, 15) is 17.6 Å². The maximum Gasteiger partial charge on any atom is 0.260 e. The van der Waals surface area contributed by atoms with Gasteiger partial charge in [-0.25, -0.2) is 17.1 Å². The summed E-state index contributed by atoms with van der Waals surface area (Å²) in [5.74, 6) is -0.158. The standard InChI is InChI=1S/C14H19FN2O4S/c1-22(19,20)17-8-2-7-16(9-10-17)14(18)11-21-13-5-3-12(15)4-6-13/h3-6H,2,7-11H2,1H3. The SMILES string of the molecule is CS(=O)(=O)N1CCCN(C(=O)COc2ccc(F)cc2)CC1. The molecule has 0 aliphatic carbocycles. The molecule has 1 heterocycles. The third-order valence-corrected chi connectivity index (χ3v) is 4.76. The Balaban J connectivity index is 1.86. The molecular formula is C14H19FN2O4S. The van der Waals surface area contributed by atoms with Crippen molar-refractivity contribution in [2.24, 2.45) is 0 Å². The molecule has 1 saturated heterocycles. The number of rotatable bonds is 4. The van der Waals surface area contributed by atoms with Gasteiger partial charge in [0.05, 0.1) is 6.26 Å². The van der Waals surface area contributed by atoms with Gasteiger partial charge in [-0.3, -0.25) is 4.79 Å². The smallest absolute Gasteiger partial charge is 0.260 e. The second-order valence-electron chi connectivity index (χ2n) is 5.14. The zero-order chi connectivity index (χ0) is 16.2. The van der Waals surface area contributed by atoms with Crippen LogP contribution in [0.2, 0.25) is 0 Å². The molecule has 1 aliphatic heterocycles. The maximum atomic E-state index is 12.8. The van der Waals surface area contributed by atoms with E-state index in [1.807, 2.05) is 0 Å². The Morgan fingerprint density at radius 1 is 1.18 bits per heavy atom. The lowest BCUT2D eigenvalue weighted by Crippen LogP contribution is -2.39. The van der Waals surface area contributed by atoms with Gasteiger partial charge in [0.1, 0.15) is 11.6 Å². The van der Waals surface area contributed by atoms with E-state index in [2.05, 4.69) is 0 Å². The largest absolute Gasteiger partial charge is 0.484 e. The Bertz CT molecular complexity index is 618. The van der Waals surface area contributed by atoms with Crippen molar-refractivity contribution in [3.63, 3.8) is 0 Å². The molecular weight excluding hydrogens is 311 g/mol. The van der Waals surface area contributed by atoms with Crippen LogP contribution in [0.3, 0.4) is 0 Å². The molecule has 1 aromatic carbocycles. The van der Waals surface area contributed by atoms with Gasteiger partial charge in [-0.05, 0) is 30.7 Å². The number of carbonyl (C=O) groups is 1. The Labute approximate surface area is 129 Å². The highest BCUT2D eigenvalue weighted by molar-refractivity contribution is 7.88. The molecule has 2 rings (SSSR count). The van der Waals surface area contributed by atoms with Crippen LogP contribution in [0.5, 0.6) is 5.75 Å². The maximum absolute atomic E-state index is 12.8. The molecule has 1 aliphatic rings. The van der Waals surface area contributed by atoms with Crippen molar-refractivity contribution in [1.29, 1.82) is 0 Å². The molecule has 1 fully saturated rings. The summed E-state index contributed by atoms with van der Waals surface area (Å²) < 4.78 is 42.5. The van der Waals surface area contributed by atoms with Crippen LogP contribution >= 0.6 is 0 Å². The summed E-state index contributed by atoms with van der Waals surface area (Å²) in [6.45, 7) is 1.41. The molecule has 0 saturated carbocycles. The molecule has 122 valence electrons. The molecule has 0 bridgehead atoms. The van der Waals surface area contributed by atoms with Crippen LogP contribution in [-0.2, 0) is 14.8 Å². The quantitative estimate of drug-likeness (QED) is 0.815. The second kappa shape index (κ2) is 7.06. The molecule has 1 aromatic rings. The van der Waals surface area contributed by atoms with E-state index in [4.69, 9.17) is 4.74 Å². The van der Waals surface area contributed by atoms with E-state index in [1.165, 1.54) is 34.8 Å². The first-order valence-corrected chi connectivity index (χ1v) is 8.82. The van der Waals surface area contributed by atoms with Gasteiger partial charge in [0.2, 0.25) is 10.0 Å². The zero-order valence-electron chi connectivity index (χ0n) is 12.4. The van der Waals surface area contributed by atoms with Gasteiger partial charge in [-0.1, -0.05) is 0 Å². The number of hydrogen-bond acceptors (Lipinski definition) is 4. The first-order chi connectivity index (χ1) is 10.4. The summed E-state index contributed by atoms with van der Waals surface area (Å²) in [7, 11) is -3.23. The van der Waals surface area contributed by atoms with Gasteiger partial charge >= 0.3 is 0 Å². The van der Waals surface area contributed by atoms with Crippen molar-refractivity contribution < 1.29 is 22.3 Å². The molecule has 0 atom stereocenters. The Morgan fingerprint density at radius 2 is 1.86 bits per heavy atom. The van der Waals surface area contributed by atoms with Crippen molar-refractivity contribution in [3.05, 3.63) is 30.1 Å². The molecule has 0 radical (unpaired) electrons. The number of carbonyl (C=O) groups excluding carboxylic acids is 1. The molecule has 22 heavy (non-hydrogen) atoms. The number of benzene rings is 1. The number of sulfonamides is 1. The average Bonchev–Trinajstić information content (AvgIpc) is 2.72. The zero-order valence-corrected chi connectivity index (χ0v) is 13.2. The normalized spacial score (nSPS) is 17.1. The molecule has 0 aromatic heterocycles. The summed E-state index contributed by atoms with van der Waals surface area (Å²) in [4.78, 5) is 13.7. The van der Waals surface area contributed by atoms with Crippen LogP contribution in [0.4, 0.5) is 4.39 Å². The highest BCUT2D eigenvalue weighted by Crippen LogP contribution is 2.12. The van der Waals surface area contributed by atoms with E-state index in [0.717, 1.165) is 0 Å². The van der Waals surface area contributed by atoms with Gasteiger partial charge in [-0.2, -0.15) is 0 Å². The summed E-state index contributed by atoms with van der Waals surface area (Å²) in [5, 5.41) is 0. The highest BCUT2D eigenvalue weighted by Gasteiger charge is 2.23. The predicted molar refractivity (Wildman–Crippen MR) is 79.5 cm³/mol. The van der Waals surface area contributed by atoms with E-state index in [1.54, 1.807) is 4.90 Å². The van der Waals surface area contributed by atoms with E-state index in [-0.39, 0.29) is 18.3 Å². The van der Waals surface area contributed by atoms with Gasteiger partial charge in [0, 0.05) is 26.2 Å². The average molecular weight is 330 g/mol. The lowest BCUT2D eigenvalue weighted by Gasteiger charge is -2.21. The molecule has 6 nitrogen and oxygen atoms in total.